The van der Waals surface area contributed by atoms with Crippen LogP contribution in [0.4, 0.5) is 4.79 Å². The molecule has 6 heteroatoms. The lowest BCUT2D eigenvalue weighted by Crippen LogP contribution is -2.47. The highest BCUT2D eigenvalue weighted by Gasteiger charge is 2.32. The van der Waals surface area contributed by atoms with E-state index in [4.69, 9.17) is 4.74 Å². The lowest BCUT2D eigenvalue weighted by molar-refractivity contribution is -0.136. The highest BCUT2D eigenvalue weighted by atomic mass is 16.6. The van der Waals surface area contributed by atoms with Crippen molar-refractivity contribution in [2.24, 2.45) is 5.92 Å². The summed E-state index contributed by atoms with van der Waals surface area (Å²) >= 11 is 0. The SMILES string of the molecule is CN(Cc1cccnc1)C(=O)[C@H]1CCCN(C(=O)OC(C)(C)C)C1. The highest BCUT2D eigenvalue weighted by molar-refractivity contribution is 5.80. The predicted molar refractivity (Wildman–Crippen MR) is 91.2 cm³/mol. The molecule has 6 nitrogen and oxygen atoms in total. The first-order valence-corrected chi connectivity index (χ1v) is 8.38. The van der Waals surface area contributed by atoms with E-state index in [2.05, 4.69) is 4.98 Å². The van der Waals surface area contributed by atoms with Crippen molar-refractivity contribution in [3.63, 3.8) is 0 Å². The molecule has 2 rings (SSSR count). The second-order valence-electron chi connectivity index (χ2n) is 7.32. The number of nitrogens with zero attached hydrogens (tertiary/aromatic N) is 3. The van der Waals surface area contributed by atoms with E-state index in [1.165, 1.54) is 0 Å². The minimum atomic E-state index is -0.523. The van der Waals surface area contributed by atoms with E-state index < -0.39 is 5.60 Å². The topological polar surface area (TPSA) is 62.7 Å². The summed E-state index contributed by atoms with van der Waals surface area (Å²) in [4.78, 5) is 32.3. The number of ether oxygens (including phenoxy) is 1. The Hall–Kier alpha value is -2.11. The van der Waals surface area contributed by atoms with Gasteiger partial charge in [0.1, 0.15) is 5.60 Å². The molecule has 1 aliphatic heterocycles. The van der Waals surface area contributed by atoms with Gasteiger partial charge in [-0.2, -0.15) is 0 Å². The molecule has 0 unspecified atom stereocenters. The van der Waals surface area contributed by atoms with E-state index in [1.54, 1.807) is 29.2 Å². The molecule has 1 atom stereocenters. The predicted octanol–water partition coefficient (Wildman–Crippen LogP) is 2.69. The van der Waals surface area contributed by atoms with Crippen molar-refractivity contribution in [2.45, 2.75) is 45.8 Å². The summed E-state index contributed by atoms with van der Waals surface area (Å²) in [5.74, 6) is -0.111. The van der Waals surface area contributed by atoms with Gasteiger partial charge in [0.2, 0.25) is 5.91 Å². The van der Waals surface area contributed by atoms with Crippen molar-refractivity contribution in [3.8, 4) is 0 Å². The van der Waals surface area contributed by atoms with E-state index in [0.29, 0.717) is 19.6 Å². The molecule has 0 bridgehead atoms. The molecule has 1 aliphatic rings. The Labute approximate surface area is 143 Å². The van der Waals surface area contributed by atoms with Crippen molar-refractivity contribution in [1.82, 2.24) is 14.8 Å². The molecule has 24 heavy (non-hydrogen) atoms. The first-order valence-electron chi connectivity index (χ1n) is 8.38. The maximum atomic E-state index is 12.7. The van der Waals surface area contributed by atoms with Gasteiger partial charge >= 0.3 is 6.09 Å². The van der Waals surface area contributed by atoms with Gasteiger partial charge < -0.3 is 14.5 Å². The molecule has 1 aromatic heterocycles. The van der Waals surface area contributed by atoms with E-state index in [9.17, 15) is 9.59 Å². The fraction of sp³-hybridized carbons (Fsp3) is 0.611. The van der Waals surface area contributed by atoms with Gasteiger partial charge in [-0.3, -0.25) is 9.78 Å². The maximum absolute atomic E-state index is 12.7. The zero-order chi connectivity index (χ0) is 17.7. The van der Waals surface area contributed by atoms with Crippen molar-refractivity contribution in [1.29, 1.82) is 0 Å². The Morgan fingerprint density at radius 1 is 1.42 bits per heavy atom. The molecular weight excluding hydrogens is 306 g/mol. The summed E-state index contributed by atoms with van der Waals surface area (Å²) < 4.78 is 5.42. The number of aromatic nitrogens is 1. The van der Waals surface area contributed by atoms with E-state index in [-0.39, 0.29) is 17.9 Å². The lowest BCUT2D eigenvalue weighted by Gasteiger charge is -2.35. The summed E-state index contributed by atoms with van der Waals surface area (Å²) in [5.41, 5.74) is 0.471. The minimum Gasteiger partial charge on any atom is -0.444 e. The lowest BCUT2D eigenvalue weighted by atomic mass is 9.97. The Bertz CT molecular complexity index is 569. The van der Waals surface area contributed by atoms with Crippen molar-refractivity contribution in [2.75, 3.05) is 20.1 Å². The second kappa shape index (κ2) is 7.64. The van der Waals surface area contributed by atoms with Crippen LogP contribution in [0.5, 0.6) is 0 Å². The molecule has 1 fully saturated rings. The van der Waals surface area contributed by atoms with Crippen LogP contribution >= 0.6 is 0 Å². The average molecular weight is 333 g/mol. The monoisotopic (exact) mass is 333 g/mol. The largest absolute Gasteiger partial charge is 0.444 e. The summed E-state index contributed by atoms with van der Waals surface area (Å²) in [6, 6.07) is 3.81. The molecule has 2 heterocycles. The van der Waals surface area contributed by atoms with Crippen LogP contribution in [0, 0.1) is 5.92 Å². The number of rotatable bonds is 3. The van der Waals surface area contributed by atoms with Crippen LogP contribution in [0.2, 0.25) is 0 Å². The van der Waals surface area contributed by atoms with Gasteiger partial charge in [-0.1, -0.05) is 6.07 Å². The van der Waals surface area contributed by atoms with Crippen molar-refractivity contribution >= 4 is 12.0 Å². The third-order valence-electron chi connectivity index (χ3n) is 3.94. The third kappa shape index (κ3) is 5.22. The van der Waals surface area contributed by atoms with Gasteiger partial charge in [-0.05, 0) is 45.2 Å². The van der Waals surface area contributed by atoms with Gasteiger partial charge in [0, 0.05) is 39.1 Å². The standard InChI is InChI=1S/C18H27N3O3/c1-18(2,3)24-17(23)21-10-6-8-15(13-21)16(22)20(4)12-14-7-5-9-19-11-14/h5,7,9,11,15H,6,8,10,12-13H2,1-4H3/t15-/m0/s1. The molecule has 0 radical (unpaired) electrons. The third-order valence-corrected chi connectivity index (χ3v) is 3.94. The van der Waals surface area contributed by atoms with Crippen molar-refractivity contribution in [3.05, 3.63) is 30.1 Å². The van der Waals surface area contributed by atoms with E-state index in [1.807, 2.05) is 32.9 Å². The molecule has 1 aromatic rings. The van der Waals surface area contributed by atoms with E-state index >= 15 is 0 Å². The zero-order valence-electron chi connectivity index (χ0n) is 15.0. The normalized spacial score (nSPS) is 18.2. The first-order chi connectivity index (χ1) is 11.3. The van der Waals surface area contributed by atoms with Gasteiger partial charge in [0.25, 0.3) is 0 Å². The molecule has 0 spiro atoms. The molecule has 2 amide bonds. The zero-order valence-corrected chi connectivity index (χ0v) is 15.0. The Morgan fingerprint density at radius 3 is 2.79 bits per heavy atom. The smallest absolute Gasteiger partial charge is 0.410 e. The van der Waals surface area contributed by atoms with Crippen LogP contribution in [0.15, 0.2) is 24.5 Å². The first kappa shape index (κ1) is 18.2. The van der Waals surface area contributed by atoms with Gasteiger partial charge in [0.15, 0.2) is 0 Å². The maximum Gasteiger partial charge on any atom is 0.410 e. The molecule has 0 aliphatic carbocycles. The van der Waals surface area contributed by atoms with Gasteiger partial charge in [0.05, 0.1) is 5.92 Å². The van der Waals surface area contributed by atoms with Crippen LogP contribution in [0.3, 0.4) is 0 Å². The molecule has 132 valence electrons. The van der Waals surface area contributed by atoms with Crippen LogP contribution in [0.25, 0.3) is 0 Å². The average Bonchev–Trinajstić information content (AvgIpc) is 2.53. The Morgan fingerprint density at radius 2 is 2.17 bits per heavy atom. The number of carbonyl (C=O) groups is 2. The molecule has 0 N–H and O–H groups in total. The van der Waals surface area contributed by atoms with Gasteiger partial charge in [-0.25, -0.2) is 4.79 Å². The van der Waals surface area contributed by atoms with E-state index in [0.717, 1.165) is 18.4 Å². The second-order valence-corrected chi connectivity index (χ2v) is 7.32. The number of hydrogen-bond acceptors (Lipinski definition) is 4. The number of amides is 2. The molecule has 0 saturated carbocycles. The summed E-state index contributed by atoms with van der Waals surface area (Å²) in [7, 11) is 1.79. The number of pyridine rings is 1. The van der Waals surface area contributed by atoms with Crippen LogP contribution in [-0.2, 0) is 16.1 Å². The van der Waals surface area contributed by atoms with Crippen molar-refractivity contribution < 1.29 is 14.3 Å². The Balaban J connectivity index is 1.93. The fourth-order valence-corrected chi connectivity index (χ4v) is 2.83. The van der Waals surface area contributed by atoms with Crippen LogP contribution < -0.4 is 0 Å². The number of likely N-dealkylation sites (tertiary alicyclic amines) is 1. The summed E-state index contributed by atoms with van der Waals surface area (Å²) in [6.07, 6.45) is 4.75. The van der Waals surface area contributed by atoms with Crippen LogP contribution in [0.1, 0.15) is 39.2 Å². The number of hydrogen-bond donors (Lipinski definition) is 0. The minimum absolute atomic E-state index is 0.0621. The highest BCUT2D eigenvalue weighted by Crippen LogP contribution is 2.21. The summed E-state index contributed by atoms with van der Waals surface area (Å²) in [6.45, 7) is 7.13. The summed E-state index contributed by atoms with van der Waals surface area (Å²) in [5, 5.41) is 0. The Kier molecular flexibility index (Phi) is 5.80. The molecule has 0 aromatic carbocycles. The molecule has 1 saturated heterocycles. The van der Waals surface area contributed by atoms with Crippen LogP contribution in [-0.4, -0.2) is 52.5 Å². The number of piperidine rings is 1. The quantitative estimate of drug-likeness (QED) is 0.853. The van der Waals surface area contributed by atoms with Gasteiger partial charge in [-0.15, -0.1) is 0 Å². The fourth-order valence-electron chi connectivity index (χ4n) is 2.83. The number of carbonyl (C=O) groups excluding carboxylic acids is 2. The molecular formula is C18H27N3O3.